The topological polar surface area (TPSA) is 132 Å². The van der Waals surface area contributed by atoms with Gasteiger partial charge in [0.2, 0.25) is 5.91 Å². The molecule has 9 nitrogen and oxygen atoms in total. The van der Waals surface area contributed by atoms with E-state index in [1.54, 1.807) is 0 Å². The van der Waals surface area contributed by atoms with Crippen molar-refractivity contribution in [1.29, 1.82) is 0 Å². The van der Waals surface area contributed by atoms with Gasteiger partial charge in [-0.3, -0.25) is 9.78 Å². The van der Waals surface area contributed by atoms with Gasteiger partial charge < -0.3 is 15.2 Å². The molecule has 0 fully saturated rings. The van der Waals surface area contributed by atoms with Gasteiger partial charge in [-0.25, -0.2) is 9.78 Å². The summed E-state index contributed by atoms with van der Waals surface area (Å²) in [5, 5.41) is 17.2. The first-order valence-corrected chi connectivity index (χ1v) is 7.06. The molecule has 0 radical (unpaired) electrons. The molecule has 0 aliphatic carbocycles. The van der Waals surface area contributed by atoms with E-state index < -0.39 is 11.7 Å². The van der Waals surface area contributed by atoms with Crippen LogP contribution in [0.5, 0.6) is 0 Å². The number of aromatic nitrogens is 4. The molecule has 2 N–H and O–H groups in total. The van der Waals surface area contributed by atoms with Gasteiger partial charge in [-0.1, -0.05) is 12.1 Å². The molecule has 2 heterocycles. The number of fused-ring (bicyclic) bond motifs is 1. The van der Waals surface area contributed by atoms with Crippen LogP contribution in [0.1, 0.15) is 22.3 Å². The largest absolute Gasteiger partial charge is 1.00 e. The first-order valence-electron chi connectivity index (χ1n) is 7.06. The Bertz CT molecular complexity index is 964. The van der Waals surface area contributed by atoms with Gasteiger partial charge in [0.1, 0.15) is 0 Å². The second kappa shape index (κ2) is 8.06. The summed E-state index contributed by atoms with van der Waals surface area (Å²) in [6, 6.07) is 5.68. The van der Waals surface area contributed by atoms with Crippen molar-refractivity contribution in [2.75, 3.05) is 5.32 Å². The minimum Gasteiger partial charge on any atom is -0.545 e. The molecule has 25 heavy (non-hydrogen) atoms. The molecule has 0 aliphatic rings. The number of benzene rings is 1. The number of anilines is 1. The van der Waals surface area contributed by atoms with E-state index in [1.165, 1.54) is 36.8 Å². The van der Waals surface area contributed by atoms with Crippen molar-refractivity contribution in [1.82, 2.24) is 19.6 Å². The van der Waals surface area contributed by atoms with Crippen LogP contribution in [0.15, 0.2) is 41.6 Å². The molecule has 10 heteroatoms. The van der Waals surface area contributed by atoms with Crippen molar-refractivity contribution in [3.05, 3.63) is 58.4 Å². The Labute approximate surface area is 163 Å². The van der Waals surface area contributed by atoms with E-state index in [0.717, 1.165) is 4.52 Å². The Morgan fingerprint density at radius 3 is 2.64 bits per heavy atom. The molecule has 0 saturated carbocycles. The third-order valence-corrected chi connectivity index (χ3v) is 3.41. The Balaban J connectivity index is 0.00000225. The molecular weight excluding hydrogens is 337 g/mol. The fourth-order valence-corrected chi connectivity index (χ4v) is 2.21. The predicted octanol–water partition coefficient (Wildman–Crippen LogP) is -3.64. The first kappa shape index (κ1) is 18.8. The molecular formula is C15H12N5NaO4. The number of nitrogens with zero attached hydrogens (tertiary/aromatic N) is 3. The Kier molecular flexibility index (Phi) is 6.07. The van der Waals surface area contributed by atoms with E-state index in [4.69, 9.17) is 0 Å². The normalized spacial score (nSPS) is 10.2. The predicted molar refractivity (Wildman–Crippen MR) is 81.3 cm³/mol. The summed E-state index contributed by atoms with van der Waals surface area (Å²) in [4.78, 5) is 40.6. The average molecular weight is 349 g/mol. The number of aromatic amines is 1. The average Bonchev–Trinajstić information content (AvgIpc) is 2.98. The second-order valence-electron chi connectivity index (χ2n) is 5.03. The number of hydrogen-bond acceptors (Lipinski definition) is 6. The summed E-state index contributed by atoms with van der Waals surface area (Å²) in [6.07, 6.45) is 3.31. The van der Waals surface area contributed by atoms with E-state index in [-0.39, 0.29) is 47.4 Å². The third kappa shape index (κ3) is 4.32. The van der Waals surface area contributed by atoms with Gasteiger partial charge in [0, 0.05) is 17.7 Å². The Morgan fingerprint density at radius 2 is 1.96 bits per heavy atom. The number of aryl methyl sites for hydroxylation is 1. The van der Waals surface area contributed by atoms with E-state index in [1.807, 2.05) is 0 Å². The van der Waals surface area contributed by atoms with E-state index >= 15 is 0 Å². The quantitative estimate of drug-likeness (QED) is 0.457. The number of carbonyl (C=O) groups is 2. The summed E-state index contributed by atoms with van der Waals surface area (Å²) in [5.74, 6) is -1.52. The zero-order valence-electron chi connectivity index (χ0n) is 13.4. The minimum atomic E-state index is -1.27. The Hall–Kier alpha value is -2.49. The molecule has 1 aromatic carbocycles. The summed E-state index contributed by atoms with van der Waals surface area (Å²) < 4.78 is 1.13. The molecule has 0 spiro atoms. The van der Waals surface area contributed by atoms with Crippen molar-refractivity contribution in [2.24, 2.45) is 0 Å². The van der Waals surface area contributed by atoms with E-state index in [9.17, 15) is 19.5 Å². The molecule has 2 aromatic heterocycles. The molecule has 0 atom stereocenters. The fourth-order valence-electron chi connectivity index (χ4n) is 2.21. The van der Waals surface area contributed by atoms with Crippen LogP contribution in [0.3, 0.4) is 0 Å². The first-order chi connectivity index (χ1) is 11.5. The van der Waals surface area contributed by atoms with Crippen molar-refractivity contribution in [3.63, 3.8) is 0 Å². The van der Waals surface area contributed by atoms with Crippen LogP contribution in [0.4, 0.5) is 5.69 Å². The number of hydrogen-bond donors (Lipinski definition) is 2. The third-order valence-electron chi connectivity index (χ3n) is 3.41. The second-order valence-corrected chi connectivity index (χ2v) is 5.03. The van der Waals surface area contributed by atoms with Crippen molar-refractivity contribution in [3.8, 4) is 0 Å². The summed E-state index contributed by atoms with van der Waals surface area (Å²) in [5.41, 5.74) is 1.22. The summed E-state index contributed by atoms with van der Waals surface area (Å²) in [7, 11) is 0. The van der Waals surface area contributed by atoms with Crippen LogP contribution < -0.4 is 45.7 Å². The van der Waals surface area contributed by atoms with Gasteiger partial charge in [0.05, 0.1) is 18.5 Å². The number of rotatable bonds is 5. The molecule has 122 valence electrons. The van der Waals surface area contributed by atoms with Crippen LogP contribution in [-0.2, 0) is 11.2 Å². The fraction of sp³-hybridized carbons (Fsp3) is 0.133. The van der Waals surface area contributed by atoms with E-state index in [0.29, 0.717) is 23.3 Å². The smallest absolute Gasteiger partial charge is 0.545 e. The monoisotopic (exact) mass is 349 g/mol. The van der Waals surface area contributed by atoms with Gasteiger partial charge in [-0.05, 0) is 24.1 Å². The van der Waals surface area contributed by atoms with Crippen LogP contribution in [0.25, 0.3) is 5.65 Å². The SMILES string of the molecule is O=C(CCc1cnn2c(=O)[nH]cnc12)Nc1ccc(C(=O)[O-])cc1.[Na+]. The van der Waals surface area contributed by atoms with Crippen LogP contribution in [0.2, 0.25) is 0 Å². The van der Waals surface area contributed by atoms with Gasteiger partial charge in [-0.15, -0.1) is 0 Å². The zero-order valence-corrected chi connectivity index (χ0v) is 15.4. The standard InChI is InChI=1S/C15H13N5O4.Na/c21-12(19-11-4-1-9(2-5-11)14(22)23)6-3-10-7-18-20-13(10)16-8-17-15(20)24;/h1-2,4-5,7-8H,3,6H2,(H,19,21)(H,22,23)(H,16,17,24);/q;+1/p-1. The van der Waals surface area contributed by atoms with Gasteiger partial charge in [0.15, 0.2) is 5.65 Å². The maximum Gasteiger partial charge on any atom is 1.00 e. The molecule has 0 bridgehead atoms. The molecule has 3 rings (SSSR count). The number of H-pyrrole nitrogens is 1. The van der Waals surface area contributed by atoms with Crippen molar-refractivity contribution < 1.29 is 44.3 Å². The molecule has 0 saturated heterocycles. The van der Waals surface area contributed by atoms with E-state index in [2.05, 4.69) is 20.4 Å². The molecule has 0 unspecified atom stereocenters. The summed E-state index contributed by atoms with van der Waals surface area (Å²) >= 11 is 0. The number of carbonyl (C=O) groups excluding carboxylic acids is 2. The van der Waals surface area contributed by atoms with Crippen LogP contribution in [0, 0.1) is 0 Å². The van der Waals surface area contributed by atoms with Crippen molar-refractivity contribution >= 4 is 23.2 Å². The maximum absolute atomic E-state index is 12.0. The number of amides is 1. The van der Waals surface area contributed by atoms with Gasteiger partial charge in [-0.2, -0.15) is 9.61 Å². The van der Waals surface area contributed by atoms with Gasteiger partial charge >= 0.3 is 35.2 Å². The number of nitrogens with one attached hydrogen (secondary N) is 2. The van der Waals surface area contributed by atoms with Crippen LogP contribution in [-0.4, -0.2) is 31.5 Å². The number of aromatic carboxylic acids is 1. The number of carboxylic acids is 1. The van der Waals surface area contributed by atoms with Gasteiger partial charge in [0.25, 0.3) is 0 Å². The molecule has 0 aliphatic heterocycles. The summed E-state index contributed by atoms with van der Waals surface area (Å²) in [6.45, 7) is 0. The number of carboxylic acid groups (broad SMARTS) is 1. The molecule has 3 aromatic rings. The Morgan fingerprint density at radius 1 is 1.24 bits per heavy atom. The van der Waals surface area contributed by atoms with Crippen LogP contribution >= 0.6 is 0 Å². The van der Waals surface area contributed by atoms with Crippen molar-refractivity contribution in [2.45, 2.75) is 12.8 Å². The zero-order chi connectivity index (χ0) is 17.1. The molecule has 1 amide bonds. The minimum absolute atomic E-state index is 0. The maximum atomic E-state index is 12.0.